The molecule has 10 heteroatoms. The molecule has 0 unspecified atom stereocenters. The van der Waals surface area contributed by atoms with Gasteiger partial charge < -0.3 is 14.2 Å². The zero-order valence-electron chi connectivity index (χ0n) is 23.4. The van der Waals surface area contributed by atoms with Gasteiger partial charge in [-0.3, -0.25) is 9.59 Å². The Morgan fingerprint density at radius 2 is 1.29 bits per heavy atom. The number of nitrogens with zero attached hydrogens (tertiary/aromatic N) is 3. The zero-order valence-corrected chi connectivity index (χ0v) is 24.2. The van der Waals surface area contributed by atoms with Gasteiger partial charge in [0.25, 0.3) is 0 Å². The summed E-state index contributed by atoms with van der Waals surface area (Å²) in [4.78, 5) is 59.5. The lowest BCUT2D eigenvalue weighted by molar-refractivity contribution is -0.141. The van der Waals surface area contributed by atoms with Crippen LogP contribution in [0.3, 0.4) is 0 Å². The van der Waals surface area contributed by atoms with Crippen LogP contribution in [0.2, 0.25) is 0 Å². The van der Waals surface area contributed by atoms with Crippen molar-refractivity contribution in [3.63, 3.8) is 0 Å². The van der Waals surface area contributed by atoms with Gasteiger partial charge in [-0.05, 0) is 80.3 Å². The van der Waals surface area contributed by atoms with Crippen molar-refractivity contribution in [1.82, 2.24) is 4.57 Å². The van der Waals surface area contributed by atoms with E-state index in [1.807, 2.05) is 49.6 Å². The van der Waals surface area contributed by atoms with Gasteiger partial charge in [-0.15, -0.1) is 11.8 Å². The minimum atomic E-state index is -0.625. The minimum Gasteiger partial charge on any atom is -0.318 e. The molecule has 0 amide bonds. The number of rotatable bonds is 10. The van der Waals surface area contributed by atoms with Crippen molar-refractivity contribution in [2.24, 2.45) is 10.3 Å². The van der Waals surface area contributed by atoms with Gasteiger partial charge in [-0.1, -0.05) is 23.7 Å². The van der Waals surface area contributed by atoms with Gasteiger partial charge in [-0.25, -0.2) is 9.59 Å². The largest absolute Gasteiger partial charge is 0.331 e. The SMILES string of the molecule is CCC/C(=N\OC(C)=O)C(=O)c1ccc2c(c1)c1cc(C(=O)/C(C)=N/OC(C)=O)ccc1n2-c1ccc(SC)cc1. The van der Waals surface area contributed by atoms with Gasteiger partial charge in [0.1, 0.15) is 11.4 Å². The molecule has 0 bridgehead atoms. The van der Waals surface area contributed by atoms with E-state index in [0.717, 1.165) is 32.4 Å². The standard InChI is InChI=1S/C31H29N3O6S/c1-6-7-27(33-40-20(4)36)31(38)22-9-15-29-26(17-22)25-16-21(30(37)18(2)32-39-19(3)35)8-14-28(25)34(29)23-10-12-24(41-5)13-11-23/h8-17H,6-7H2,1-5H3/b32-18+,33-27+. The summed E-state index contributed by atoms with van der Waals surface area (Å²) in [5.74, 6) is -1.98. The molecule has 1 aromatic heterocycles. The Morgan fingerprint density at radius 3 is 1.80 bits per heavy atom. The molecule has 4 rings (SSSR count). The van der Waals surface area contributed by atoms with Crippen molar-refractivity contribution in [2.45, 2.75) is 45.4 Å². The predicted molar refractivity (Wildman–Crippen MR) is 160 cm³/mol. The van der Waals surface area contributed by atoms with Crippen molar-refractivity contribution in [3.05, 3.63) is 71.8 Å². The molecule has 210 valence electrons. The van der Waals surface area contributed by atoms with Crippen LogP contribution in [-0.4, -0.2) is 45.8 Å². The first-order chi connectivity index (χ1) is 19.6. The summed E-state index contributed by atoms with van der Waals surface area (Å²) < 4.78 is 2.07. The number of thioether (sulfide) groups is 1. The predicted octanol–water partition coefficient (Wildman–Crippen LogP) is 6.53. The highest BCUT2D eigenvalue weighted by Gasteiger charge is 2.20. The van der Waals surface area contributed by atoms with Crippen molar-refractivity contribution < 1.29 is 28.9 Å². The molecule has 0 aliphatic heterocycles. The molecule has 1 heterocycles. The summed E-state index contributed by atoms with van der Waals surface area (Å²) >= 11 is 1.64. The molecule has 0 N–H and O–H groups in total. The van der Waals surface area contributed by atoms with E-state index in [2.05, 4.69) is 19.7 Å². The second-order valence-electron chi connectivity index (χ2n) is 9.29. The molecule has 0 saturated heterocycles. The Morgan fingerprint density at radius 1 is 0.756 bits per heavy atom. The van der Waals surface area contributed by atoms with Crippen LogP contribution < -0.4 is 0 Å². The molecule has 0 radical (unpaired) electrons. The van der Waals surface area contributed by atoms with Crippen molar-refractivity contribution in [1.29, 1.82) is 0 Å². The maximum Gasteiger partial charge on any atom is 0.331 e. The lowest BCUT2D eigenvalue weighted by atomic mass is 10.00. The van der Waals surface area contributed by atoms with Crippen molar-refractivity contribution in [3.8, 4) is 5.69 Å². The first-order valence-corrected chi connectivity index (χ1v) is 14.2. The van der Waals surface area contributed by atoms with Gasteiger partial charge >= 0.3 is 11.9 Å². The van der Waals surface area contributed by atoms with E-state index < -0.39 is 17.7 Å². The first-order valence-electron chi connectivity index (χ1n) is 12.9. The summed E-state index contributed by atoms with van der Waals surface area (Å²) in [7, 11) is 0. The topological polar surface area (TPSA) is 116 Å². The maximum absolute atomic E-state index is 13.4. The molecule has 3 aromatic carbocycles. The van der Waals surface area contributed by atoms with Crippen LogP contribution in [-0.2, 0) is 19.3 Å². The van der Waals surface area contributed by atoms with E-state index in [4.69, 9.17) is 4.84 Å². The van der Waals surface area contributed by atoms with Gasteiger partial charge in [0.2, 0.25) is 11.6 Å². The summed E-state index contributed by atoms with van der Waals surface area (Å²) in [6.07, 6.45) is 2.99. The number of hydrogen-bond donors (Lipinski definition) is 0. The summed E-state index contributed by atoms with van der Waals surface area (Å²) in [6.45, 7) is 5.80. The molecule has 41 heavy (non-hydrogen) atoms. The number of carbonyl (C=O) groups is 4. The smallest absolute Gasteiger partial charge is 0.318 e. The Bertz CT molecular complexity index is 1730. The number of Topliss-reactive ketones (excluding diaryl/α,β-unsaturated/α-hetero) is 2. The van der Waals surface area contributed by atoms with E-state index >= 15 is 0 Å². The van der Waals surface area contributed by atoms with Crippen molar-refractivity contribution >= 4 is 68.5 Å². The molecular formula is C31H29N3O6S. The second-order valence-corrected chi connectivity index (χ2v) is 10.2. The third-order valence-electron chi connectivity index (χ3n) is 6.29. The Labute approximate surface area is 241 Å². The highest BCUT2D eigenvalue weighted by Crippen LogP contribution is 2.34. The van der Waals surface area contributed by atoms with Crippen LogP contribution in [0.15, 0.2) is 75.9 Å². The maximum atomic E-state index is 13.4. The summed E-state index contributed by atoms with van der Waals surface area (Å²) in [5.41, 5.74) is 3.47. The molecule has 0 aliphatic rings. The number of aromatic nitrogens is 1. The van der Waals surface area contributed by atoms with Gasteiger partial charge in [0, 0.05) is 46.3 Å². The minimum absolute atomic E-state index is 0.0256. The van der Waals surface area contributed by atoms with Crippen LogP contribution in [0.1, 0.15) is 61.3 Å². The number of carbonyl (C=O) groups excluding carboxylic acids is 4. The third kappa shape index (κ3) is 6.44. The van der Waals surface area contributed by atoms with Crippen LogP contribution in [0, 0.1) is 0 Å². The average molecular weight is 572 g/mol. The highest BCUT2D eigenvalue weighted by atomic mass is 32.2. The molecule has 0 spiro atoms. The fourth-order valence-electron chi connectivity index (χ4n) is 4.42. The fourth-order valence-corrected chi connectivity index (χ4v) is 4.83. The van der Waals surface area contributed by atoms with Gasteiger partial charge in [0.15, 0.2) is 0 Å². The summed E-state index contributed by atoms with van der Waals surface area (Å²) in [6, 6.07) is 18.7. The van der Waals surface area contributed by atoms with Crippen LogP contribution >= 0.6 is 11.8 Å². The average Bonchev–Trinajstić information content (AvgIpc) is 3.30. The zero-order chi connectivity index (χ0) is 29.7. The fraction of sp³-hybridized carbons (Fsp3) is 0.226. The van der Waals surface area contributed by atoms with E-state index in [9.17, 15) is 19.2 Å². The Hall–Kier alpha value is -4.57. The lowest BCUT2D eigenvalue weighted by Crippen LogP contribution is -2.15. The number of hydrogen-bond acceptors (Lipinski definition) is 9. The number of oxime groups is 2. The lowest BCUT2D eigenvalue weighted by Gasteiger charge is -2.09. The van der Waals surface area contributed by atoms with E-state index in [0.29, 0.717) is 24.0 Å². The normalized spacial score (nSPS) is 12.0. The molecule has 0 aliphatic carbocycles. The quantitative estimate of drug-likeness (QED) is 0.0698. The Kier molecular flexibility index (Phi) is 9.14. The molecular weight excluding hydrogens is 542 g/mol. The Balaban J connectivity index is 1.92. The highest BCUT2D eigenvalue weighted by molar-refractivity contribution is 7.98. The van der Waals surface area contributed by atoms with Gasteiger partial charge in [0.05, 0.1) is 11.0 Å². The van der Waals surface area contributed by atoms with Crippen molar-refractivity contribution in [2.75, 3.05) is 6.26 Å². The summed E-state index contributed by atoms with van der Waals surface area (Å²) in [5, 5.41) is 8.92. The molecule has 0 saturated carbocycles. The molecule has 9 nitrogen and oxygen atoms in total. The number of fused-ring (bicyclic) bond motifs is 3. The number of ketones is 2. The monoisotopic (exact) mass is 571 g/mol. The second kappa shape index (κ2) is 12.7. The number of benzene rings is 3. The van der Waals surface area contributed by atoms with E-state index in [-0.39, 0.29) is 17.2 Å². The van der Waals surface area contributed by atoms with Crippen LogP contribution in [0.5, 0.6) is 0 Å². The van der Waals surface area contributed by atoms with E-state index in [1.54, 1.807) is 36.0 Å². The van der Waals surface area contributed by atoms with Gasteiger partial charge in [-0.2, -0.15) is 0 Å². The third-order valence-corrected chi connectivity index (χ3v) is 7.04. The molecule has 0 atom stereocenters. The molecule has 4 aromatic rings. The van der Waals surface area contributed by atoms with Crippen LogP contribution in [0.4, 0.5) is 0 Å². The van der Waals surface area contributed by atoms with E-state index in [1.165, 1.54) is 20.8 Å². The van der Waals surface area contributed by atoms with Crippen LogP contribution in [0.25, 0.3) is 27.5 Å². The molecule has 0 fully saturated rings. The first kappa shape index (κ1) is 29.4.